The average Bonchev–Trinajstić information content (AvgIpc) is 2.87. The highest BCUT2D eigenvalue weighted by atomic mass is 32.2. The van der Waals surface area contributed by atoms with Crippen LogP contribution in [0, 0.1) is 11.2 Å². The summed E-state index contributed by atoms with van der Waals surface area (Å²) in [7, 11) is 0. The van der Waals surface area contributed by atoms with Gasteiger partial charge in [-0.05, 0) is 36.0 Å². The van der Waals surface area contributed by atoms with Gasteiger partial charge in [-0.3, -0.25) is 4.99 Å². The molecule has 0 atom stereocenters. The molecule has 0 saturated heterocycles. The molecule has 1 fully saturated rings. The van der Waals surface area contributed by atoms with Crippen LogP contribution in [-0.2, 0) is 6.54 Å². The maximum atomic E-state index is 13.1. The normalized spacial score (nSPS) is 21.4. The molecule has 0 radical (unpaired) electrons. The molecule has 1 aliphatic heterocycles. The largest absolute Gasteiger partial charge is 0.361 e. The molecular formula is C15H19FN2S. The van der Waals surface area contributed by atoms with Gasteiger partial charge in [0.25, 0.3) is 0 Å². The third-order valence-corrected chi connectivity index (χ3v) is 5.37. The van der Waals surface area contributed by atoms with Crippen LogP contribution >= 0.6 is 11.8 Å². The van der Waals surface area contributed by atoms with Crippen molar-refractivity contribution in [1.82, 2.24) is 5.32 Å². The van der Waals surface area contributed by atoms with E-state index in [1.165, 1.54) is 37.5 Å². The van der Waals surface area contributed by atoms with Gasteiger partial charge >= 0.3 is 0 Å². The van der Waals surface area contributed by atoms with Crippen molar-refractivity contribution in [2.24, 2.45) is 10.4 Å². The van der Waals surface area contributed by atoms with Crippen molar-refractivity contribution in [2.45, 2.75) is 32.2 Å². The summed E-state index contributed by atoms with van der Waals surface area (Å²) in [5.74, 6) is 1.00. The van der Waals surface area contributed by atoms with Crippen LogP contribution in [0.25, 0.3) is 0 Å². The number of amidine groups is 1. The second-order valence-electron chi connectivity index (χ2n) is 5.60. The number of benzene rings is 1. The van der Waals surface area contributed by atoms with Crippen molar-refractivity contribution >= 4 is 16.9 Å². The van der Waals surface area contributed by atoms with Crippen LogP contribution in [0.4, 0.5) is 4.39 Å². The zero-order chi connectivity index (χ0) is 13.1. The van der Waals surface area contributed by atoms with Gasteiger partial charge in [-0.25, -0.2) is 4.39 Å². The van der Waals surface area contributed by atoms with E-state index >= 15 is 0 Å². The molecule has 1 N–H and O–H groups in total. The molecule has 102 valence electrons. The van der Waals surface area contributed by atoms with Crippen LogP contribution < -0.4 is 5.32 Å². The van der Waals surface area contributed by atoms with E-state index < -0.39 is 0 Å². The quantitative estimate of drug-likeness (QED) is 0.894. The molecule has 1 spiro atoms. The molecule has 19 heavy (non-hydrogen) atoms. The lowest BCUT2D eigenvalue weighted by Crippen LogP contribution is -2.33. The number of hydrogen-bond acceptors (Lipinski definition) is 3. The predicted molar refractivity (Wildman–Crippen MR) is 78.9 cm³/mol. The number of thioether (sulfide) groups is 1. The third kappa shape index (κ3) is 3.11. The summed E-state index contributed by atoms with van der Waals surface area (Å²) in [6, 6.07) is 6.72. The van der Waals surface area contributed by atoms with Crippen molar-refractivity contribution < 1.29 is 4.39 Å². The van der Waals surface area contributed by atoms with Gasteiger partial charge in [0.05, 0.1) is 0 Å². The molecule has 1 heterocycles. The molecule has 2 nitrogen and oxygen atoms in total. The highest BCUT2D eigenvalue weighted by Crippen LogP contribution is 2.43. The second kappa shape index (κ2) is 5.53. The van der Waals surface area contributed by atoms with E-state index in [1.807, 2.05) is 17.8 Å². The molecule has 0 unspecified atom stereocenters. The number of aliphatic imine (C=N–C) groups is 1. The second-order valence-corrected chi connectivity index (χ2v) is 6.56. The van der Waals surface area contributed by atoms with E-state index in [-0.39, 0.29) is 5.82 Å². The van der Waals surface area contributed by atoms with Gasteiger partial charge in [0.15, 0.2) is 5.17 Å². The lowest BCUT2D eigenvalue weighted by Gasteiger charge is -2.31. The van der Waals surface area contributed by atoms with E-state index in [0.717, 1.165) is 17.3 Å². The fourth-order valence-corrected chi connectivity index (χ4v) is 4.06. The summed E-state index contributed by atoms with van der Waals surface area (Å²) in [4.78, 5) is 4.68. The van der Waals surface area contributed by atoms with Gasteiger partial charge in [0.1, 0.15) is 5.82 Å². The summed E-state index contributed by atoms with van der Waals surface area (Å²) in [5, 5.41) is 4.33. The fraction of sp³-hybridized carbons (Fsp3) is 0.533. The van der Waals surface area contributed by atoms with Crippen molar-refractivity contribution in [2.75, 3.05) is 12.3 Å². The van der Waals surface area contributed by atoms with Gasteiger partial charge in [-0.15, -0.1) is 0 Å². The fourth-order valence-electron chi connectivity index (χ4n) is 2.91. The first-order valence-electron chi connectivity index (χ1n) is 6.91. The Morgan fingerprint density at radius 1 is 1.32 bits per heavy atom. The molecule has 1 aliphatic carbocycles. The summed E-state index contributed by atoms with van der Waals surface area (Å²) in [6.07, 6.45) is 5.39. The Morgan fingerprint density at radius 3 is 2.84 bits per heavy atom. The molecule has 1 aromatic carbocycles. The van der Waals surface area contributed by atoms with Crippen LogP contribution in [0.5, 0.6) is 0 Å². The third-order valence-electron chi connectivity index (χ3n) is 4.07. The maximum Gasteiger partial charge on any atom is 0.156 e. The van der Waals surface area contributed by atoms with Gasteiger partial charge in [-0.1, -0.05) is 36.7 Å². The highest BCUT2D eigenvalue weighted by Gasteiger charge is 2.36. The van der Waals surface area contributed by atoms with E-state index in [1.54, 1.807) is 12.1 Å². The SMILES string of the molecule is Fc1cccc(CNC2=NCC3(CCCC3)CS2)c1. The van der Waals surface area contributed by atoms with Crippen LogP contribution in [0.15, 0.2) is 29.3 Å². The number of nitrogens with one attached hydrogen (secondary N) is 1. The summed E-state index contributed by atoms with van der Waals surface area (Å²) >= 11 is 1.83. The summed E-state index contributed by atoms with van der Waals surface area (Å²) in [5.41, 5.74) is 1.44. The minimum absolute atomic E-state index is 0.178. The Balaban J connectivity index is 1.55. The zero-order valence-electron chi connectivity index (χ0n) is 11.0. The number of halogens is 1. The lowest BCUT2D eigenvalue weighted by atomic mass is 9.89. The molecule has 4 heteroatoms. The van der Waals surface area contributed by atoms with Crippen molar-refractivity contribution in [1.29, 1.82) is 0 Å². The summed E-state index contributed by atoms with van der Waals surface area (Å²) in [6.45, 7) is 1.61. The highest BCUT2D eigenvalue weighted by molar-refractivity contribution is 8.13. The van der Waals surface area contributed by atoms with Gasteiger partial charge in [0, 0.05) is 18.8 Å². The Morgan fingerprint density at radius 2 is 2.16 bits per heavy atom. The minimum Gasteiger partial charge on any atom is -0.361 e. The summed E-state index contributed by atoms with van der Waals surface area (Å²) < 4.78 is 13.1. The van der Waals surface area contributed by atoms with Crippen LogP contribution in [0.3, 0.4) is 0 Å². The van der Waals surface area contributed by atoms with Crippen LogP contribution in [-0.4, -0.2) is 17.5 Å². The van der Waals surface area contributed by atoms with E-state index in [9.17, 15) is 4.39 Å². The number of hydrogen-bond donors (Lipinski definition) is 1. The van der Waals surface area contributed by atoms with Crippen molar-refractivity contribution in [3.05, 3.63) is 35.6 Å². The van der Waals surface area contributed by atoms with Crippen molar-refractivity contribution in [3.8, 4) is 0 Å². The van der Waals surface area contributed by atoms with E-state index in [4.69, 9.17) is 0 Å². The van der Waals surface area contributed by atoms with E-state index in [2.05, 4.69) is 10.3 Å². The molecule has 1 aromatic rings. The molecule has 2 aliphatic rings. The maximum absolute atomic E-state index is 13.1. The van der Waals surface area contributed by atoms with Gasteiger partial charge in [-0.2, -0.15) is 0 Å². The Kier molecular flexibility index (Phi) is 3.78. The molecule has 0 amide bonds. The first-order chi connectivity index (χ1) is 9.26. The van der Waals surface area contributed by atoms with Crippen LogP contribution in [0.1, 0.15) is 31.2 Å². The first kappa shape index (κ1) is 13.0. The van der Waals surface area contributed by atoms with Gasteiger partial charge < -0.3 is 5.32 Å². The smallest absolute Gasteiger partial charge is 0.156 e. The van der Waals surface area contributed by atoms with E-state index in [0.29, 0.717) is 12.0 Å². The molecule has 0 aromatic heterocycles. The Labute approximate surface area is 117 Å². The Hall–Kier alpha value is -1.03. The molecule has 1 saturated carbocycles. The average molecular weight is 278 g/mol. The topological polar surface area (TPSA) is 24.4 Å². The number of nitrogens with zero attached hydrogens (tertiary/aromatic N) is 1. The standard InChI is InChI=1S/C15H19FN2S/c16-13-5-3-4-12(8-13)9-17-14-18-10-15(11-19-14)6-1-2-7-15/h3-5,8H,1-2,6-7,9-11H2,(H,17,18). The Bertz CT molecular complexity index is 481. The number of rotatable bonds is 2. The zero-order valence-corrected chi connectivity index (χ0v) is 11.8. The molecule has 3 rings (SSSR count). The molecule has 0 bridgehead atoms. The predicted octanol–water partition coefficient (Wildman–Crippen LogP) is 3.58. The lowest BCUT2D eigenvalue weighted by molar-refractivity contribution is 0.358. The minimum atomic E-state index is -0.178. The van der Waals surface area contributed by atoms with Crippen LogP contribution in [0.2, 0.25) is 0 Å². The monoisotopic (exact) mass is 278 g/mol. The first-order valence-corrected chi connectivity index (χ1v) is 7.90. The van der Waals surface area contributed by atoms with Gasteiger partial charge in [0.2, 0.25) is 0 Å². The molecular weight excluding hydrogens is 259 g/mol. The van der Waals surface area contributed by atoms with Crippen molar-refractivity contribution in [3.63, 3.8) is 0 Å².